The summed E-state index contributed by atoms with van der Waals surface area (Å²) in [5.74, 6) is -2.65. The number of esters is 1. The van der Waals surface area contributed by atoms with Gasteiger partial charge in [-0.05, 0) is 22.0 Å². The Hall–Kier alpha value is -1.76. The summed E-state index contributed by atoms with van der Waals surface area (Å²) < 4.78 is 31.5. The van der Waals surface area contributed by atoms with E-state index in [9.17, 15) is 18.4 Å². The van der Waals surface area contributed by atoms with Gasteiger partial charge in [0.1, 0.15) is 11.4 Å². The fraction of sp³-hybridized carbons (Fsp3) is 0.0909. The maximum absolute atomic E-state index is 13.8. The fourth-order valence-corrected chi connectivity index (χ4v) is 1.96. The number of halogens is 3. The summed E-state index contributed by atoms with van der Waals surface area (Å²) in [6, 6.07) is 0.894. The highest BCUT2D eigenvalue weighted by atomic mass is 79.9. The molecule has 7 heteroatoms. The summed E-state index contributed by atoms with van der Waals surface area (Å²) in [4.78, 5) is 25.6. The second-order valence-electron chi connectivity index (χ2n) is 3.43. The second-order valence-corrected chi connectivity index (χ2v) is 4.28. The van der Waals surface area contributed by atoms with Gasteiger partial charge in [0.15, 0.2) is 5.82 Å². The SMILES string of the molecule is COC(=O)c1c[nH]c2c(F)cc(Br)c(F)c2c1=O. The maximum Gasteiger partial charge on any atom is 0.343 e. The van der Waals surface area contributed by atoms with Crippen LogP contribution in [0.2, 0.25) is 0 Å². The number of pyridine rings is 1. The zero-order valence-electron chi connectivity index (χ0n) is 9.01. The Morgan fingerprint density at radius 2 is 2.11 bits per heavy atom. The van der Waals surface area contributed by atoms with Crippen molar-refractivity contribution in [3.05, 3.63) is 44.2 Å². The third-order valence-electron chi connectivity index (χ3n) is 2.41. The Bertz CT molecular complexity index is 711. The van der Waals surface area contributed by atoms with Crippen molar-refractivity contribution in [1.82, 2.24) is 4.98 Å². The average molecular weight is 318 g/mol. The Labute approximate surface area is 108 Å². The molecule has 1 heterocycles. The second kappa shape index (κ2) is 4.49. The van der Waals surface area contributed by atoms with Crippen molar-refractivity contribution >= 4 is 32.8 Å². The molecular formula is C11H6BrF2NO3. The van der Waals surface area contributed by atoms with Gasteiger partial charge >= 0.3 is 5.97 Å². The lowest BCUT2D eigenvalue weighted by molar-refractivity contribution is 0.0599. The number of benzene rings is 1. The molecule has 0 atom stereocenters. The van der Waals surface area contributed by atoms with E-state index >= 15 is 0 Å². The van der Waals surface area contributed by atoms with Crippen LogP contribution in [0.15, 0.2) is 21.5 Å². The minimum atomic E-state index is -0.932. The molecule has 1 aromatic carbocycles. The van der Waals surface area contributed by atoms with E-state index in [1.807, 2.05) is 0 Å². The summed E-state index contributed by atoms with van der Waals surface area (Å²) in [5.41, 5.74) is -1.61. The Morgan fingerprint density at radius 3 is 2.72 bits per heavy atom. The molecule has 0 radical (unpaired) electrons. The highest BCUT2D eigenvalue weighted by Gasteiger charge is 2.19. The average Bonchev–Trinajstić information content (AvgIpc) is 2.35. The van der Waals surface area contributed by atoms with E-state index in [1.54, 1.807) is 0 Å². The van der Waals surface area contributed by atoms with Crippen LogP contribution in [0.25, 0.3) is 10.9 Å². The van der Waals surface area contributed by atoms with Gasteiger partial charge in [0.25, 0.3) is 0 Å². The number of methoxy groups -OCH3 is 1. The molecule has 18 heavy (non-hydrogen) atoms. The number of fused-ring (bicyclic) bond motifs is 1. The number of H-pyrrole nitrogens is 1. The number of nitrogens with one attached hydrogen (secondary N) is 1. The standard InChI is InChI=1S/C11H6BrF2NO3/c1-18-11(17)4-3-15-9-6(13)2-5(12)8(14)7(9)10(4)16/h2-3H,1H3,(H,15,16). The van der Waals surface area contributed by atoms with Crippen LogP contribution in [-0.2, 0) is 4.74 Å². The van der Waals surface area contributed by atoms with Crippen molar-refractivity contribution in [3.8, 4) is 0 Å². The summed E-state index contributed by atoms with van der Waals surface area (Å²) in [7, 11) is 1.09. The molecule has 2 rings (SSSR count). The van der Waals surface area contributed by atoms with E-state index < -0.39 is 28.4 Å². The molecule has 0 spiro atoms. The first-order chi connectivity index (χ1) is 8.47. The van der Waals surface area contributed by atoms with Gasteiger partial charge in [0.05, 0.1) is 22.5 Å². The van der Waals surface area contributed by atoms with Crippen molar-refractivity contribution in [2.45, 2.75) is 0 Å². The van der Waals surface area contributed by atoms with Gasteiger partial charge in [-0.15, -0.1) is 0 Å². The van der Waals surface area contributed by atoms with Crippen molar-refractivity contribution in [2.24, 2.45) is 0 Å². The molecule has 0 unspecified atom stereocenters. The van der Waals surface area contributed by atoms with Crippen LogP contribution in [0.3, 0.4) is 0 Å². The summed E-state index contributed by atoms with van der Waals surface area (Å²) in [6.45, 7) is 0. The Balaban J connectivity index is 2.94. The van der Waals surface area contributed by atoms with Crippen LogP contribution >= 0.6 is 15.9 Å². The van der Waals surface area contributed by atoms with Gasteiger partial charge in [-0.3, -0.25) is 4.79 Å². The smallest absolute Gasteiger partial charge is 0.343 e. The first kappa shape index (κ1) is 12.7. The van der Waals surface area contributed by atoms with Crippen LogP contribution in [-0.4, -0.2) is 18.1 Å². The van der Waals surface area contributed by atoms with Gasteiger partial charge in [-0.1, -0.05) is 0 Å². The van der Waals surface area contributed by atoms with Crippen LogP contribution in [0, 0.1) is 11.6 Å². The number of carbonyl (C=O) groups is 1. The Kier molecular flexibility index (Phi) is 3.16. The summed E-state index contributed by atoms with van der Waals surface area (Å²) in [5, 5.41) is -0.523. The molecule has 4 nitrogen and oxygen atoms in total. The van der Waals surface area contributed by atoms with Gasteiger partial charge in [-0.2, -0.15) is 0 Å². The van der Waals surface area contributed by atoms with Gasteiger partial charge in [0, 0.05) is 6.20 Å². The van der Waals surface area contributed by atoms with E-state index in [0.29, 0.717) is 0 Å². The minimum Gasteiger partial charge on any atom is -0.465 e. The largest absolute Gasteiger partial charge is 0.465 e. The Morgan fingerprint density at radius 1 is 1.44 bits per heavy atom. The quantitative estimate of drug-likeness (QED) is 0.649. The van der Waals surface area contributed by atoms with Gasteiger partial charge in [-0.25, -0.2) is 13.6 Å². The third kappa shape index (κ3) is 1.80. The maximum atomic E-state index is 13.8. The van der Waals surface area contributed by atoms with E-state index in [0.717, 1.165) is 19.4 Å². The van der Waals surface area contributed by atoms with E-state index in [2.05, 4.69) is 25.7 Å². The van der Waals surface area contributed by atoms with Crippen molar-refractivity contribution in [2.75, 3.05) is 7.11 Å². The zero-order valence-corrected chi connectivity index (χ0v) is 10.6. The monoisotopic (exact) mass is 317 g/mol. The summed E-state index contributed by atoms with van der Waals surface area (Å²) in [6.07, 6.45) is 0.993. The molecule has 1 N–H and O–H groups in total. The van der Waals surface area contributed by atoms with Crippen LogP contribution in [0.1, 0.15) is 10.4 Å². The number of rotatable bonds is 1. The van der Waals surface area contributed by atoms with Crippen LogP contribution in [0.4, 0.5) is 8.78 Å². The third-order valence-corrected chi connectivity index (χ3v) is 2.99. The van der Waals surface area contributed by atoms with Gasteiger partial charge < -0.3 is 9.72 Å². The molecular weight excluding hydrogens is 312 g/mol. The summed E-state index contributed by atoms with van der Waals surface area (Å²) >= 11 is 2.80. The van der Waals surface area contributed by atoms with E-state index in [1.165, 1.54) is 0 Å². The lowest BCUT2D eigenvalue weighted by atomic mass is 10.1. The molecule has 0 fully saturated rings. The molecule has 2 aromatic rings. The molecule has 0 aliphatic rings. The predicted molar refractivity (Wildman–Crippen MR) is 63.5 cm³/mol. The molecule has 0 bridgehead atoms. The van der Waals surface area contributed by atoms with Crippen molar-refractivity contribution in [3.63, 3.8) is 0 Å². The molecule has 1 aromatic heterocycles. The number of hydrogen-bond donors (Lipinski definition) is 1. The minimum absolute atomic E-state index is 0.194. The highest BCUT2D eigenvalue weighted by Crippen LogP contribution is 2.24. The predicted octanol–water partition coefficient (Wildman–Crippen LogP) is 2.36. The highest BCUT2D eigenvalue weighted by molar-refractivity contribution is 9.10. The van der Waals surface area contributed by atoms with Crippen LogP contribution < -0.4 is 5.43 Å². The number of hydrogen-bond acceptors (Lipinski definition) is 3. The first-order valence-electron chi connectivity index (χ1n) is 4.74. The topological polar surface area (TPSA) is 59.2 Å². The van der Waals surface area contributed by atoms with E-state index in [-0.39, 0.29) is 15.6 Å². The fourth-order valence-electron chi connectivity index (χ4n) is 1.56. The molecule has 0 aliphatic carbocycles. The molecule has 0 saturated heterocycles. The number of aromatic amines is 1. The van der Waals surface area contributed by atoms with E-state index in [4.69, 9.17) is 0 Å². The molecule has 94 valence electrons. The first-order valence-corrected chi connectivity index (χ1v) is 5.54. The molecule has 0 saturated carbocycles. The lowest BCUT2D eigenvalue weighted by Gasteiger charge is -2.05. The van der Waals surface area contributed by atoms with Crippen LogP contribution in [0.5, 0.6) is 0 Å². The normalized spacial score (nSPS) is 10.7. The molecule has 0 amide bonds. The molecule has 0 aliphatic heterocycles. The lowest BCUT2D eigenvalue weighted by Crippen LogP contribution is -2.18. The van der Waals surface area contributed by atoms with Crippen molar-refractivity contribution in [1.29, 1.82) is 0 Å². The number of carbonyl (C=O) groups excluding carboxylic acids is 1. The number of aromatic nitrogens is 1. The van der Waals surface area contributed by atoms with Gasteiger partial charge in [0.2, 0.25) is 5.43 Å². The number of ether oxygens (including phenoxy) is 1. The van der Waals surface area contributed by atoms with Crippen molar-refractivity contribution < 1.29 is 18.3 Å². The zero-order chi connectivity index (χ0) is 13.4.